The van der Waals surface area contributed by atoms with Crippen LogP contribution < -0.4 is 16.4 Å². The average molecular weight is 400 g/mol. The Bertz CT molecular complexity index is 1110. The van der Waals surface area contributed by atoms with Crippen LogP contribution in [0.15, 0.2) is 55.1 Å². The summed E-state index contributed by atoms with van der Waals surface area (Å²) in [7, 11) is 0. The van der Waals surface area contributed by atoms with Crippen LogP contribution in [-0.2, 0) is 6.42 Å². The van der Waals surface area contributed by atoms with Crippen LogP contribution in [0.5, 0.6) is 0 Å². The number of allylic oxidation sites excluding steroid dienone is 1. The fourth-order valence-electron chi connectivity index (χ4n) is 3.32. The van der Waals surface area contributed by atoms with Gasteiger partial charge in [-0.25, -0.2) is 0 Å². The molecule has 5 N–H and O–H groups in total. The van der Waals surface area contributed by atoms with Crippen molar-refractivity contribution in [2.45, 2.75) is 25.3 Å². The molecule has 0 bridgehead atoms. The average Bonchev–Trinajstić information content (AvgIpc) is 3.60. The highest BCUT2D eigenvalue weighted by atomic mass is 16.1. The van der Waals surface area contributed by atoms with Gasteiger partial charge in [0.15, 0.2) is 0 Å². The van der Waals surface area contributed by atoms with E-state index in [4.69, 9.17) is 11.1 Å². The molecule has 30 heavy (non-hydrogen) atoms. The number of carbonyl (C=O) groups excluding carboxylic acids is 1. The summed E-state index contributed by atoms with van der Waals surface area (Å²) in [5.41, 5.74) is 10.2. The van der Waals surface area contributed by atoms with E-state index in [1.165, 1.54) is 12.4 Å². The Hall–Kier alpha value is -3.74. The first-order chi connectivity index (χ1) is 14.7. The number of carbonyl (C=O) groups is 1. The Balaban J connectivity index is 1.64. The minimum atomic E-state index is -0.163. The van der Waals surface area contributed by atoms with Gasteiger partial charge < -0.3 is 21.8 Å². The van der Waals surface area contributed by atoms with Gasteiger partial charge in [-0.05, 0) is 48.6 Å². The zero-order valence-corrected chi connectivity index (χ0v) is 16.6. The van der Waals surface area contributed by atoms with Crippen LogP contribution in [0.2, 0.25) is 0 Å². The number of nitrogens with two attached hydrogens (primary N) is 1. The number of benzene rings is 1. The summed E-state index contributed by atoms with van der Waals surface area (Å²) in [6.07, 6.45) is 10.7. The molecule has 2 heterocycles. The number of pyridine rings is 2. The fourth-order valence-corrected chi connectivity index (χ4v) is 3.32. The van der Waals surface area contributed by atoms with E-state index in [9.17, 15) is 4.79 Å². The van der Waals surface area contributed by atoms with Gasteiger partial charge in [-0.2, -0.15) is 0 Å². The van der Waals surface area contributed by atoms with Gasteiger partial charge in [-0.1, -0.05) is 12.1 Å². The Morgan fingerprint density at radius 2 is 2.13 bits per heavy atom. The summed E-state index contributed by atoms with van der Waals surface area (Å²) in [5, 5.41) is 14.9. The first-order valence-corrected chi connectivity index (χ1v) is 9.98. The Labute approximate surface area is 174 Å². The molecule has 7 heteroatoms. The third-order valence-electron chi connectivity index (χ3n) is 5.13. The number of rotatable bonds is 8. The highest BCUT2D eigenvalue weighted by Crippen LogP contribution is 2.33. The fraction of sp³-hybridized carbons (Fsp3) is 0.217. The number of aromatic nitrogens is 2. The second-order valence-electron chi connectivity index (χ2n) is 7.33. The molecular formula is C23H24N6O. The van der Waals surface area contributed by atoms with Gasteiger partial charge in [0.1, 0.15) is 0 Å². The number of nitrogens with one attached hydrogen (secondary N) is 3. The molecule has 0 radical (unpaired) electrons. The molecule has 0 atom stereocenters. The highest BCUT2D eigenvalue weighted by Gasteiger charge is 2.25. The van der Waals surface area contributed by atoms with Crippen LogP contribution in [-0.4, -0.2) is 34.7 Å². The molecule has 0 unspecified atom stereocenters. The SMILES string of the molecule is N=CC(=CN)c1ccc2ncc(C(=O)NCCc3cccnc3)c(NC3CC3)c2c1. The van der Waals surface area contributed by atoms with Crippen molar-refractivity contribution in [1.29, 1.82) is 5.41 Å². The molecule has 1 aliphatic rings. The predicted octanol–water partition coefficient (Wildman–Crippen LogP) is 3.13. The normalized spacial score (nSPS) is 13.8. The van der Waals surface area contributed by atoms with Gasteiger partial charge in [0.05, 0.1) is 16.8 Å². The number of amides is 1. The van der Waals surface area contributed by atoms with Crippen molar-refractivity contribution >= 4 is 34.3 Å². The molecule has 7 nitrogen and oxygen atoms in total. The minimum Gasteiger partial charge on any atom is -0.404 e. The maximum absolute atomic E-state index is 13.0. The van der Waals surface area contributed by atoms with Crippen LogP contribution in [0.25, 0.3) is 16.5 Å². The van der Waals surface area contributed by atoms with E-state index in [1.807, 2.05) is 30.3 Å². The second-order valence-corrected chi connectivity index (χ2v) is 7.33. The minimum absolute atomic E-state index is 0.163. The summed E-state index contributed by atoms with van der Waals surface area (Å²) in [6, 6.07) is 9.95. The predicted molar refractivity (Wildman–Crippen MR) is 120 cm³/mol. The van der Waals surface area contributed by atoms with Gasteiger partial charge in [0, 0.05) is 54.6 Å². The maximum Gasteiger partial charge on any atom is 0.254 e. The molecular weight excluding hydrogens is 376 g/mol. The van der Waals surface area contributed by atoms with Crippen molar-refractivity contribution in [2.24, 2.45) is 5.73 Å². The van der Waals surface area contributed by atoms with Crippen LogP contribution in [0, 0.1) is 5.41 Å². The van der Waals surface area contributed by atoms with E-state index in [1.54, 1.807) is 18.6 Å². The third-order valence-corrected chi connectivity index (χ3v) is 5.13. The van der Waals surface area contributed by atoms with Gasteiger partial charge in [0.25, 0.3) is 5.91 Å². The molecule has 152 valence electrons. The van der Waals surface area contributed by atoms with Crippen LogP contribution in [0.4, 0.5) is 5.69 Å². The lowest BCUT2D eigenvalue weighted by molar-refractivity contribution is 0.0954. The van der Waals surface area contributed by atoms with Crippen molar-refractivity contribution in [3.05, 3.63) is 71.8 Å². The summed E-state index contributed by atoms with van der Waals surface area (Å²) < 4.78 is 0. The summed E-state index contributed by atoms with van der Waals surface area (Å²) in [6.45, 7) is 0.513. The van der Waals surface area contributed by atoms with Gasteiger partial charge >= 0.3 is 0 Å². The monoisotopic (exact) mass is 400 g/mol. The lowest BCUT2D eigenvalue weighted by Gasteiger charge is -2.15. The lowest BCUT2D eigenvalue weighted by Crippen LogP contribution is -2.27. The smallest absolute Gasteiger partial charge is 0.254 e. The molecule has 0 saturated heterocycles. The van der Waals surface area contributed by atoms with Crippen molar-refractivity contribution in [3.8, 4) is 0 Å². The van der Waals surface area contributed by atoms with E-state index in [0.29, 0.717) is 30.1 Å². The number of hydrogen-bond acceptors (Lipinski definition) is 6. The highest BCUT2D eigenvalue weighted by molar-refractivity contribution is 6.11. The number of nitrogens with zero attached hydrogens (tertiary/aromatic N) is 2. The first kappa shape index (κ1) is 19.6. The van der Waals surface area contributed by atoms with E-state index in [-0.39, 0.29) is 5.91 Å². The molecule has 1 fully saturated rings. The summed E-state index contributed by atoms with van der Waals surface area (Å²) >= 11 is 0. The molecule has 1 aromatic carbocycles. The van der Waals surface area contributed by atoms with Gasteiger partial charge in [-0.3, -0.25) is 14.8 Å². The molecule has 1 saturated carbocycles. The van der Waals surface area contributed by atoms with Crippen molar-refractivity contribution < 1.29 is 4.79 Å². The Morgan fingerprint density at radius 3 is 2.83 bits per heavy atom. The number of fused-ring (bicyclic) bond motifs is 1. The number of hydrogen-bond donors (Lipinski definition) is 4. The van der Waals surface area contributed by atoms with Crippen molar-refractivity contribution in [1.82, 2.24) is 15.3 Å². The standard InChI is InChI=1S/C23H24N6O/c24-11-17(12-25)16-3-6-21-19(10-16)22(29-18-4-5-18)20(14-28-21)23(30)27-9-7-15-2-1-8-26-13-15/h1-3,6,8,10-14,18,24H,4-5,7,9,25H2,(H,27,30)(H,28,29). The van der Waals surface area contributed by atoms with Gasteiger partial charge in [-0.15, -0.1) is 0 Å². The van der Waals surface area contributed by atoms with Crippen LogP contribution in [0.1, 0.15) is 34.3 Å². The molecule has 2 aromatic heterocycles. The third kappa shape index (κ3) is 4.30. The van der Waals surface area contributed by atoms with Crippen molar-refractivity contribution in [2.75, 3.05) is 11.9 Å². The Kier molecular flexibility index (Phi) is 5.70. The lowest BCUT2D eigenvalue weighted by atomic mass is 10.0. The zero-order chi connectivity index (χ0) is 20.9. The number of anilines is 1. The summed E-state index contributed by atoms with van der Waals surface area (Å²) in [4.78, 5) is 21.6. The van der Waals surface area contributed by atoms with E-state index < -0.39 is 0 Å². The van der Waals surface area contributed by atoms with E-state index >= 15 is 0 Å². The van der Waals surface area contributed by atoms with E-state index in [2.05, 4.69) is 20.6 Å². The Morgan fingerprint density at radius 1 is 1.27 bits per heavy atom. The van der Waals surface area contributed by atoms with Crippen LogP contribution >= 0.6 is 0 Å². The van der Waals surface area contributed by atoms with E-state index in [0.717, 1.165) is 40.6 Å². The molecule has 0 spiro atoms. The van der Waals surface area contributed by atoms with Crippen molar-refractivity contribution in [3.63, 3.8) is 0 Å². The molecule has 1 aliphatic carbocycles. The molecule has 1 amide bonds. The van der Waals surface area contributed by atoms with Gasteiger partial charge in [0.2, 0.25) is 0 Å². The quantitative estimate of drug-likeness (QED) is 0.434. The summed E-state index contributed by atoms with van der Waals surface area (Å²) in [5.74, 6) is -0.163. The molecule has 0 aliphatic heterocycles. The largest absolute Gasteiger partial charge is 0.404 e. The molecule has 4 rings (SSSR count). The maximum atomic E-state index is 13.0. The molecule has 3 aromatic rings. The topological polar surface area (TPSA) is 117 Å². The van der Waals surface area contributed by atoms with Crippen LogP contribution in [0.3, 0.4) is 0 Å². The zero-order valence-electron chi connectivity index (χ0n) is 16.6. The second kappa shape index (κ2) is 8.73. The first-order valence-electron chi connectivity index (χ1n) is 9.98.